The van der Waals surface area contributed by atoms with E-state index in [-0.39, 0.29) is 27.3 Å². The molecule has 4 aromatic rings. The Bertz CT molecular complexity index is 1580. The molecule has 0 aliphatic carbocycles. The van der Waals surface area contributed by atoms with E-state index in [9.17, 15) is 35.2 Å². The van der Waals surface area contributed by atoms with Crippen LogP contribution in [0.2, 0.25) is 5.02 Å². The van der Waals surface area contributed by atoms with Crippen molar-refractivity contribution < 1.29 is 35.2 Å². The number of nitrogens with zero attached hydrogens (tertiary/aromatic N) is 2. The van der Waals surface area contributed by atoms with Gasteiger partial charge in [-0.05, 0) is 29.8 Å². The fourth-order valence-corrected chi connectivity index (χ4v) is 4.15. The number of carbonyl (C=O) groups is 1. The van der Waals surface area contributed by atoms with Crippen LogP contribution >= 0.6 is 11.6 Å². The highest BCUT2D eigenvalue weighted by Crippen LogP contribution is 2.36. The highest BCUT2D eigenvalue weighted by atomic mass is 35.5. The quantitative estimate of drug-likeness (QED) is 0.362. The van der Waals surface area contributed by atoms with E-state index in [2.05, 4.69) is 4.98 Å². The van der Waals surface area contributed by atoms with Crippen molar-refractivity contribution >= 4 is 38.6 Å². The number of aromatic nitrogens is 2. The predicted octanol–water partition coefficient (Wildman–Crippen LogP) is 5.33. The van der Waals surface area contributed by atoms with Gasteiger partial charge < -0.3 is 0 Å². The van der Waals surface area contributed by atoms with Gasteiger partial charge >= 0.3 is 6.18 Å². The molecule has 2 heterocycles. The first-order chi connectivity index (χ1) is 16.2. The van der Waals surface area contributed by atoms with Crippen molar-refractivity contribution in [2.75, 3.05) is 6.26 Å². The molecule has 182 valence electrons. The lowest BCUT2D eigenvalue weighted by Crippen LogP contribution is -2.30. The predicted molar refractivity (Wildman–Crippen MR) is 119 cm³/mol. The third kappa shape index (κ3) is 4.98. The zero-order valence-corrected chi connectivity index (χ0v) is 19.1. The third-order valence-corrected chi connectivity index (χ3v) is 5.81. The van der Waals surface area contributed by atoms with Crippen LogP contribution in [0.5, 0.6) is 0 Å². The first kappa shape index (κ1) is 24.6. The van der Waals surface area contributed by atoms with Crippen molar-refractivity contribution in [3.05, 3.63) is 82.6 Å². The van der Waals surface area contributed by atoms with Gasteiger partial charge in [-0.15, -0.1) is 0 Å². The molecule has 1 amide bonds. The first-order valence-electron chi connectivity index (χ1n) is 9.60. The summed E-state index contributed by atoms with van der Waals surface area (Å²) in [4.78, 5) is 16.1. The van der Waals surface area contributed by atoms with E-state index in [0.29, 0.717) is 5.56 Å². The summed E-state index contributed by atoms with van der Waals surface area (Å²) in [6, 6.07) is 7.03. The van der Waals surface area contributed by atoms with E-state index in [1.54, 1.807) is 4.72 Å². The van der Waals surface area contributed by atoms with Gasteiger partial charge in [0.05, 0.1) is 34.3 Å². The number of hydrogen-bond donors (Lipinski definition) is 1. The second-order valence-electron chi connectivity index (χ2n) is 7.50. The highest BCUT2D eigenvalue weighted by Gasteiger charge is 2.30. The monoisotopic (exact) mass is 529 g/mol. The van der Waals surface area contributed by atoms with Crippen LogP contribution in [-0.4, -0.2) is 30.1 Å². The summed E-state index contributed by atoms with van der Waals surface area (Å²) in [5.41, 5.74) is -0.839. The number of carbonyl (C=O) groups excluding carboxylic acids is 1. The molecule has 1 N–H and O–H groups in total. The van der Waals surface area contributed by atoms with Crippen molar-refractivity contribution in [2.24, 2.45) is 0 Å². The Labute approximate surface area is 200 Å². The molecule has 6 nitrogen and oxygen atoms in total. The summed E-state index contributed by atoms with van der Waals surface area (Å²) in [6.45, 7) is 0. The number of benzene rings is 2. The molecule has 2 aromatic heterocycles. The maximum Gasteiger partial charge on any atom is 0.416 e. The molecular weight excluding hydrogens is 517 g/mol. The summed E-state index contributed by atoms with van der Waals surface area (Å²) in [5.74, 6) is -3.06. The maximum absolute atomic E-state index is 14.8. The second kappa shape index (κ2) is 8.61. The smallest absolute Gasteiger partial charge is 0.299 e. The van der Waals surface area contributed by atoms with Crippen LogP contribution in [-0.2, 0) is 16.2 Å². The number of nitrogens with one attached hydrogen (secondary N) is 1. The zero-order valence-electron chi connectivity index (χ0n) is 17.5. The van der Waals surface area contributed by atoms with Crippen LogP contribution in [0.15, 0.2) is 54.9 Å². The summed E-state index contributed by atoms with van der Waals surface area (Å²) in [5, 5.41) is 0.0344. The van der Waals surface area contributed by atoms with Crippen molar-refractivity contribution in [1.29, 1.82) is 0 Å². The fourth-order valence-electron chi connectivity index (χ4n) is 3.45. The number of alkyl halides is 3. The standard InChI is InChI=1S/C22H13ClF5N3O3S/c1-35(33,34)30-21(32)15-7-17(23)19(8-18(15)25)31-10-16(14-6-13(24)9-29-20(14)31)11-2-4-12(5-3-11)22(26,27)28/h2-10H,1H3,(H,30,32). The number of pyridine rings is 1. The van der Waals surface area contributed by atoms with Gasteiger partial charge in [-0.3, -0.25) is 9.36 Å². The van der Waals surface area contributed by atoms with Crippen LogP contribution < -0.4 is 4.72 Å². The number of rotatable bonds is 4. The average Bonchev–Trinajstić information content (AvgIpc) is 3.11. The molecule has 0 aliphatic heterocycles. The largest absolute Gasteiger partial charge is 0.416 e. The summed E-state index contributed by atoms with van der Waals surface area (Å²) in [7, 11) is -3.97. The first-order valence-corrected chi connectivity index (χ1v) is 11.9. The van der Waals surface area contributed by atoms with E-state index < -0.39 is 44.9 Å². The Morgan fingerprint density at radius 3 is 2.34 bits per heavy atom. The third-order valence-electron chi connectivity index (χ3n) is 4.95. The van der Waals surface area contributed by atoms with Gasteiger partial charge in [-0.1, -0.05) is 23.7 Å². The SMILES string of the molecule is CS(=O)(=O)NC(=O)c1cc(Cl)c(-n2cc(-c3ccc(C(F)(F)F)cc3)c3cc(F)cnc32)cc1F. The van der Waals surface area contributed by atoms with Crippen LogP contribution in [0.4, 0.5) is 22.0 Å². The molecule has 13 heteroatoms. The topological polar surface area (TPSA) is 81.1 Å². The van der Waals surface area contributed by atoms with Gasteiger partial charge in [-0.2, -0.15) is 13.2 Å². The van der Waals surface area contributed by atoms with Crippen LogP contribution in [0, 0.1) is 11.6 Å². The minimum atomic E-state index is -4.55. The number of fused-ring (bicyclic) bond motifs is 1. The van der Waals surface area contributed by atoms with E-state index in [1.807, 2.05) is 0 Å². The van der Waals surface area contributed by atoms with Crippen LogP contribution in [0.1, 0.15) is 15.9 Å². The van der Waals surface area contributed by atoms with Crippen molar-refractivity contribution in [3.63, 3.8) is 0 Å². The Balaban J connectivity index is 1.87. The number of amides is 1. The lowest BCUT2D eigenvalue weighted by Gasteiger charge is -2.11. The Morgan fingerprint density at radius 2 is 1.74 bits per heavy atom. The molecule has 0 saturated carbocycles. The van der Waals surface area contributed by atoms with Gasteiger partial charge in [0.15, 0.2) is 0 Å². The van der Waals surface area contributed by atoms with Crippen LogP contribution in [0.3, 0.4) is 0 Å². The molecule has 0 fully saturated rings. The minimum absolute atomic E-state index is 0.0256. The normalized spacial score (nSPS) is 12.2. The molecule has 2 aromatic carbocycles. The fraction of sp³-hybridized carbons (Fsp3) is 0.0909. The lowest BCUT2D eigenvalue weighted by molar-refractivity contribution is -0.137. The maximum atomic E-state index is 14.8. The van der Waals surface area contributed by atoms with E-state index in [1.165, 1.54) is 22.9 Å². The summed E-state index contributed by atoms with van der Waals surface area (Å²) in [6.07, 6.45) is -1.54. The molecule has 0 saturated heterocycles. The van der Waals surface area contributed by atoms with Gasteiger partial charge in [0.2, 0.25) is 10.0 Å². The van der Waals surface area contributed by atoms with Crippen molar-refractivity contribution in [1.82, 2.24) is 14.3 Å². The van der Waals surface area contributed by atoms with Crippen molar-refractivity contribution in [2.45, 2.75) is 6.18 Å². The minimum Gasteiger partial charge on any atom is -0.299 e. The molecule has 0 unspecified atom stereocenters. The van der Waals surface area contributed by atoms with Crippen LogP contribution in [0.25, 0.3) is 27.8 Å². The lowest BCUT2D eigenvalue weighted by atomic mass is 10.0. The second-order valence-corrected chi connectivity index (χ2v) is 9.66. The highest BCUT2D eigenvalue weighted by molar-refractivity contribution is 7.89. The van der Waals surface area contributed by atoms with E-state index in [4.69, 9.17) is 11.6 Å². The summed E-state index contributed by atoms with van der Waals surface area (Å²) >= 11 is 6.27. The average molecular weight is 530 g/mol. The zero-order chi connectivity index (χ0) is 25.7. The molecule has 4 rings (SSSR count). The molecule has 0 bridgehead atoms. The Morgan fingerprint density at radius 1 is 1.09 bits per heavy atom. The molecule has 0 atom stereocenters. The van der Waals surface area contributed by atoms with Gasteiger partial charge in [0.25, 0.3) is 5.91 Å². The summed E-state index contributed by atoms with van der Waals surface area (Å²) < 4.78 is 93.1. The Kier molecular flexibility index (Phi) is 6.05. The Hall–Kier alpha value is -3.51. The molecule has 0 spiro atoms. The van der Waals surface area contributed by atoms with Gasteiger partial charge in [0.1, 0.15) is 17.3 Å². The number of halogens is 6. The number of sulfonamides is 1. The van der Waals surface area contributed by atoms with Gasteiger partial charge in [-0.25, -0.2) is 26.9 Å². The molecule has 0 aliphatic rings. The van der Waals surface area contributed by atoms with Gasteiger partial charge in [0, 0.05) is 23.2 Å². The van der Waals surface area contributed by atoms with E-state index in [0.717, 1.165) is 42.8 Å². The number of hydrogen-bond acceptors (Lipinski definition) is 4. The molecular formula is C22H13ClF5N3O3S. The molecule has 35 heavy (non-hydrogen) atoms. The van der Waals surface area contributed by atoms with E-state index >= 15 is 0 Å². The molecule has 0 radical (unpaired) electrons. The van der Waals surface area contributed by atoms with Crippen molar-refractivity contribution in [3.8, 4) is 16.8 Å².